The molecule has 0 radical (unpaired) electrons. The van der Waals surface area contributed by atoms with Gasteiger partial charge in [-0.2, -0.15) is 13.2 Å². The molecule has 0 bridgehead atoms. The number of anilines is 1. The van der Waals surface area contributed by atoms with E-state index in [1.165, 1.54) is 24.3 Å². The summed E-state index contributed by atoms with van der Waals surface area (Å²) in [6.45, 7) is 2.35. The molecule has 1 aromatic heterocycles. The topological polar surface area (TPSA) is 28.5 Å². The van der Waals surface area contributed by atoms with Crippen LogP contribution in [0.3, 0.4) is 0 Å². The second-order valence-electron chi connectivity index (χ2n) is 10.9. The maximum absolute atomic E-state index is 13.8. The molecular weight excluding hydrogens is 554 g/mol. The lowest BCUT2D eigenvalue weighted by Gasteiger charge is -2.37. The van der Waals surface area contributed by atoms with Gasteiger partial charge in [-0.1, -0.05) is 66.7 Å². The number of alkyl halides is 3. The van der Waals surface area contributed by atoms with Crippen molar-refractivity contribution in [2.75, 3.05) is 31.1 Å². The first-order chi connectivity index (χ1) is 20.8. The molecule has 1 fully saturated rings. The molecular formula is C35H31F4N3O. The summed E-state index contributed by atoms with van der Waals surface area (Å²) in [7, 11) is 0. The Hall–Kier alpha value is -4.59. The number of para-hydroxylation sites is 1. The lowest BCUT2D eigenvalue weighted by Crippen LogP contribution is -2.49. The molecule has 1 saturated heterocycles. The first-order valence-corrected chi connectivity index (χ1v) is 14.3. The molecule has 1 unspecified atom stereocenters. The van der Waals surface area contributed by atoms with Crippen molar-refractivity contribution in [3.05, 3.63) is 137 Å². The van der Waals surface area contributed by atoms with Gasteiger partial charge in [0.25, 0.3) is 0 Å². The number of carbonyl (C=O) groups excluding carboxylic acids is 1. The second kappa shape index (κ2) is 12.0. The van der Waals surface area contributed by atoms with Crippen molar-refractivity contribution in [2.24, 2.45) is 0 Å². The summed E-state index contributed by atoms with van der Waals surface area (Å²) in [4.78, 5) is 17.5. The molecule has 0 spiro atoms. The van der Waals surface area contributed by atoms with Crippen LogP contribution in [0.15, 0.2) is 109 Å². The van der Waals surface area contributed by atoms with E-state index in [1.807, 2.05) is 52.3 Å². The monoisotopic (exact) mass is 585 g/mol. The molecule has 0 N–H and O–H groups in total. The summed E-state index contributed by atoms with van der Waals surface area (Å²) < 4.78 is 55.4. The number of aromatic nitrogens is 1. The van der Waals surface area contributed by atoms with E-state index >= 15 is 0 Å². The van der Waals surface area contributed by atoms with Crippen LogP contribution in [0, 0.1) is 5.82 Å². The average Bonchev–Trinajstić information content (AvgIpc) is 3.39. The van der Waals surface area contributed by atoms with Crippen molar-refractivity contribution < 1.29 is 22.4 Å². The first kappa shape index (κ1) is 28.5. The van der Waals surface area contributed by atoms with Gasteiger partial charge in [0.1, 0.15) is 5.82 Å². The van der Waals surface area contributed by atoms with E-state index in [-0.39, 0.29) is 24.1 Å². The molecule has 0 aliphatic carbocycles. The Labute approximate surface area is 247 Å². The quantitative estimate of drug-likeness (QED) is 0.183. The molecule has 1 aliphatic rings. The van der Waals surface area contributed by atoms with Crippen molar-refractivity contribution in [3.8, 4) is 0 Å². The van der Waals surface area contributed by atoms with Crippen LogP contribution in [0.5, 0.6) is 0 Å². The highest BCUT2D eigenvalue weighted by Crippen LogP contribution is 2.36. The van der Waals surface area contributed by atoms with Gasteiger partial charge in [-0.25, -0.2) is 4.39 Å². The minimum absolute atomic E-state index is 0.00732. The van der Waals surface area contributed by atoms with Crippen LogP contribution in [0.25, 0.3) is 10.9 Å². The van der Waals surface area contributed by atoms with Gasteiger partial charge in [0.05, 0.1) is 5.56 Å². The Morgan fingerprint density at radius 1 is 0.791 bits per heavy atom. The molecule has 4 aromatic carbocycles. The summed E-state index contributed by atoms with van der Waals surface area (Å²) in [5.41, 5.74) is 3.92. The third-order valence-corrected chi connectivity index (χ3v) is 8.21. The molecule has 43 heavy (non-hydrogen) atoms. The zero-order valence-corrected chi connectivity index (χ0v) is 23.5. The average molecular weight is 586 g/mol. The molecule has 220 valence electrons. The number of piperazine rings is 1. The van der Waals surface area contributed by atoms with E-state index in [0.29, 0.717) is 38.4 Å². The molecule has 4 nitrogen and oxygen atoms in total. The summed E-state index contributed by atoms with van der Waals surface area (Å²) in [6.07, 6.45) is -2.04. The van der Waals surface area contributed by atoms with Gasteiger partial charge >= 0.3 is 6.18 Å². The van der Waals surface area contributed by atoms with Crippen molar-refractivity contribution >= 4 is 22.5 Å². The number of fused-ring (bicyclic) bond motifs is 1. The predicted molar refractivity (Wildman–Crippen MR) is 161 cm³/mol. The smallest absolute Gasteiger partial charge is 0.368 e. The fourth-order valence-corrected chi connectivity index (χ4v) is 5.96. The SMILES string of the molecule is O=C(CC(c1ccccc1)c1cn(Cc2ccc(F)cc2)c2ccccc12)N1CCN(c2cccc(C(F)(F)F)c2)CC1. The number of amides is 1. The zero-order chi connectivity index (χ0) is 30.0. The lowest BCUT2D eigenvalue weighted by atomic mass is 9.87. The van der Waals surface area contributed by atoms with Gasteiger partial charge in [0, 0.05) is 67.8 Å². The number of carbonyl (C=O) groups is 1. The molecule has 0 saturated carbocycles. The zero-order valence-electron chi connectivity index (χ0n) is 23.5. The molecule has 1 aliphatic heterocycles. The molecule has 1 amide bonds. The highest BCUT2D eigenvalue weighted by Gasteiger charge is 2.32. The standard InChI is InChI=1S/C35H31F4N3O/c36-28-15-13-25(14-16-28)23-42-24-32(30-11-4-5-12-33(30)42)31(26-7-2-1-3-8-26)22-34(43)41-19-17-40(18-20-41)29-10-6-9-27(21-29)35(37,38)39/h1-16,21,24,31H,17-20,22-23H2. The molecule has 6 rings (SSSR count). The van der Waals surface area contributed by atoms with Crippen LogP contribution < -0.4 is 4.90 Å². The van der Waals surface area contributed by atoms with Gasteiger partial charge < -0.3 is 14.4 Å². The fraction of sp³-hybridized carbons (Fsp3) is 0.229. The number of nitrogens with zero attached hydrogens (tertiary/aromatic N) is 3. The van der Waals surface area contributed by atoms with Gasteiger partial charge in [-0.3, -0.25) is 4.79 Å². The summed E-state index contributed by atoms with van der Waals surface area (Å²) >= 11 is 0. The first-order valence-electron chi connectivity index (χ1n) is 14.3. The van der Waals surface area contributed by atoms with Crippen molar-refractivity contribution in [3.63, 3.8) is 0 Å². The van der Waals surface area contributed by atoms with E-state index in [1.54, 1.807) is 18.2 Å². The summed E-state index contributed by atoms with van der Waals surface area (Å²) in [6, 6.07) is 29.9. The van der Waals surface area contributed by atoms with Gasteiger partial charge in [0.15, 0.2) is 0 Å². The van der Waals surface area contributed by atoms with Crippen molar-refractivity contribution in [1.29, 1.82) is 0 Å². The third-order valence-electron chi connectivity index (χ3n) is 8.21. The number of halogens is 4. The van der Waals surface area contributed by atoms with Crippen LogP contribution >= 0.6 is 0 Å². The normalized spacial score (nSPS) is 14.7. The Bertz CT molecular complexity index is 1710. The Morgan fingerprint density at radius 3 is 2.21 bits per heavy atom. The Morgan fingerprint density at radius 2 is 1.49 bits per heavy atom. The van der Waals surface area contributed by atoms with Crippen molar-refractivity contribution in [1.82, 2.24) is 9.47 Å². The fourth-order valence-electron chi connectivity index (χ4n) is 5.96. The number of hydrogen-bond acceptors (Lipinski definition) is 2. The van der Waals surface area contributed by atoms with E-state index in [4.69, 9.17) is 0 Å². The summed E-state index contributed by atoms with van der Waals surface area (Å²) in [5, 5.41) is 1.06. The molecule has 1 atom stereocenters. The van der Waals surface area contributed by atoms with E-state index < -0.39 is 11.7 Å². The second-order valence-corrected chi connectivity index (χ2v) is 10.9. The number of hydrogen-bond donors (Lipinski definition) is 0. The van der Waals surface area contributed by atoms with Gasteiger partial charge in [0.2, 0.25) is 5.91 Å². The van der Waals surface area contributed by atoms with Crippen LogP contribution in [0.4, 0.5) is 23.2 Å². The maximum atomic E-state index is 13.8. The van der Waals surface area contributed by atoms with Crippen molar-refractivity contribution in [2.45, 2.75) is 25.1 Å². The minimum Gasteiger partial charge on any atom is -0.368 e. The van der Waals surface area contributed by atoms with E-state index in [9.17, 15) is 22.4 Å². The highest BCUT2D eigenvalue weighted by molar-refractivity contribution is 5.87. The third kappa shape index (κ3) is 6.28. The molecule has 8 heteroatoms. The predicted octanol–water partition coefficient (Wildman–Crippen LogP) is 7.72. The Balaban J connectivity index is 1.24. The van der Waals surface area contributed by atoms with E-state index in [2.05, 4.69) is 22.9 Å². The van der Waals surface area contributed by atoms with Gasteiger partial charge in [-0.15, -0.1) is 0 Å². The number of benzene rings is 4. The number of rotatable bonds is 7. The Kier molecular flexibility index (Phi) is 7.93. The molecule has 5 aromatic rings. The van der Waals surface area contributed by atoms with Crippen LogP contribution in [0.1, 0.15) is 34.6 Å². The van der Waals surface area contributed by atoms with E-state index in [0.717, 1.165) is 33.7 Å². The highest BCUT2D eigenvalue weighted by atomic mass is 19.4. The van der Waals surface area contributed by atoms with Crippen LogP contribution in [-0.2, 0) is 17.5 Å². The maximum Gasteiger partial charge on any atom is 0.416 e. The van der Waals surface area contributed by atoms with Crippen LogP contribution in [0.2, 0.25) is 0 Å². The summed E-state index contributed by atoms with van der Waals surface area (Å²) in [5.74, 6) is -0.470. The molecule has 2 heterocycles. The minimum atomic E-state index is -4.40. The largest absolute Gasteiger partial charge is 0.416 e. The van der Waals surface area contributed by atoms with Crippen LogP contribution in [-0.4, -0.2) is 41.6 Å². The lowest BCUT2D eigenvalue weighted by molar-refractivity contribution is -0.137. The van der Waals surface area contributed by atoms with Gasteiger partial charge in [-0.05, 0) is 53.1 Å².